The maximum atomic E-state index is 13.4. The third-order valence-electron chi connectivity index (χ3n) is 5.64. The van der Waals surface area contributed by atoms with Crippen molar-refractivity contribution in [3.8, 4) is 11.5 Å². The molecule has 0 saturated carbocycles. The van der Waals surface area contributed by atoms with Crippen LogP contribution in [0.15, 0.2) is 48.5 Å². The monoisotopic (exact) mass is 360 g/mol. The highest BCUT2D eigenvalue weighted by molar-refractivity contribution is 8.00. The zero-order valence-electron chi connectivity index (χ0n) is 15.1. The molecule has 3 rings (SSSR count). The highest BCUT2D eigenvalue weighted by Gasteiger charge is 2.82. The molecular formula is C20H24O4S. The van der Waals surface area contributed by atoms with E-state index in [9.17, 15) is 8.42 Å². The van der Waals surface area contributed by atoms with Crippen LogP contribution in [0.5, 0.6) is 11.5 Å². The van der Waals surface area contributed by atoms with Gasteiger partial charge in [0.25, 0.3) is 0 Å². The molecule has 1 aliphatic rings. The summed E-state index contributed by atoms with van der Waals surface area (Å²) in [7, 11) is -0.142. The smallest absolute Gasteiger partial charge is 0.173 e. The minimum Gasteiger partial charge on any atom is -0.497 e. The maximum Gasteiger partial charge on any atom is 0.173 e. The largest absolute Gasteiger partial charge is 0.497 e. The highest BCUT2D eigenvalue weighted by atomic mass is 32.2. The molecule has 2 unspecified atom stereocenters. The molecule has 0 N–H and O–H groups in total. The Hall–Kier alpha value is -2.01. The van der Waals surface area contributed by atoms with E-state index in [1.807, 2.05) is 62.4 Å². The SMILES string of the molecule is CCC1(c2ccc(OC)cc2)C(CC)(c2ccc(OC)cc2)S1(=O)=O. The molecule has 0 spiro atoms. The first-order chi connectivity index (χ1) is 11.9. The topological polar surface area (TPSA) is 52.6 Å². The second kappa shape index (κ2) is 6.06. The van der Waals surface area contributed by atoms with Crippen molar-refractivity contribution in [3.05, 3.63) is 59.7 Å². The van der Waals surface area contributed by atoms with Crippen LogP contribution in [0.4, 0.5) is 0 Å². The second-order valence-corrected chi connectivity index (χ2v) is 8.72. The lowest BCUT2D eigenvalue weighted by atomic mass is 9.78. The van der Waals surface area contributed by atoms with Crippen LogP contribution in [0.25, 0.3) is 0 Å². The van der Waals surface area contributed by atoms with E-state index in [0.29, 0.717) is 12.8 Å². The molecule has 0 aliphatic carbocycles. The molecule has 134 valence electrons. The number of sulfone groups is 1. The Balaban J connectivity index is 2.18. The lowest BCUT2D eigenvalue weighted by Crippen LogP contribution is -2.21. The van der Waals surface area contributed by atoms with Gasteiger partial charge in [-0.2, -0.15) is 0 Å². The first kappa shape index (κ1) is 17.8. The summed E-state index contributed by atoms with van der Waals surface area (Å²) in [5, 5.41) is 0. The van der Waals surface area contributed by atoms with Crippen LogP contribution < -0.4 is 9.47 Å². The van der Waals surface area contributed by atoms with Crippen molar-refractivity contribution in [3.63, 3.8) is 0 Å². The summed E-state index contributed by atoms with van der Waals surface area (Å²) in [5.41, 5.74) is 1.65. The second-order valence-electron chi connectivity index (χ2n) is 6.32. The molecule has 2 aromatic rings. The Morgan fingerprint density at radius 3 is 1.28 bits per heavy atom. The van der Waals surface area contributed by atoms with Crippen molar-refractivity contribution in [2.75, 3.05) is 14.2 Å². The predicted octanol–water partition coefficient (Wildman–Crippen LogP) is 4.04. The molecule has 5 heteroatoms. The normalized spacial score (nSPS) is 26.9. The van der Waals surface area contributed by atoms with Gasteiger partial charge >= 0.3 is 0 Å². The average molecular weight is 360 g/mol. The molecule has 4 nitrogen and oxygen atoms in total. The van der Waals surface area contributed by atoms with Crippen molar-refractivity contribution in [1.82, 2.24) is 0 Å². The van der Waals surface area contributed by atoms with E-state index in [-0.39, 0.29) is 0 Å². The van der Waals surface area contributed by atoms with Crippen LogP contribution in [0.2, 0.25) is 0 Å². The maximum absolute atomic E-state index is 13.4. The van der Waals surface area contributed by atoms with Crippen molar-refractivity contribution in [2.24, 2.45) is 0 Å². The molecular weight excluding hydrogens is 336 g/mol. The summed E-state index contributed by atoms with van der Waals surface area (Å²) < 4.78 is 35.4. The Labute approximate surface area is 149 Å². The van der Waals surface area contributed by atoms with Crippen LogP contribution in [0.3, 0.4) is 0 Å². The Bertz CT molecular complexity index is 788. The van der Waals surface area contributed by atoms with E-state index < -0.39 is 19.3 Å². The van der Waals surface area contributed by atoms with Gasteiger partial charge in [0.2, 0.25) is 0 Å². The summed E-state index contributed by atoms with van der Waals surface area (Å²) in [6.45, 7) is 3.89. The lowest BCUT2D eigenvalue weighted by molar-refractivity contribution is 0.413. The fraction of sp³-hybridized carbons (Fsp3) is 0.400. The van der Waals surface area contributed by atoms with E-state index in [1.54, 1.807) is 14.2 Å². The molecule has 0 radical (unpaired) electrons. The minimum absolute atomic E-state index is 0.529. The zero-order valence-corrected chi connectivity index (χ0v) is 15.9. The molecule has 0 bridgehead atoms. The van der Waals surface area contributed by atoms with Crippen LogP contribution in [-0.2, 0) is 19.3 Å². The average Bonchev–Trinajstić information content (AvgIpc) is 3.12. The molecule has 2 aromatic carbocycles. The lowest BCUT2D eigenvalue weighted by Gasteiger charge is -2.20. The fourth-order valence-corrected chi connectivity index (χ4v) is 7.76. The van der Waals surface area contributed by atoms with Gasteiger partial charge in [0.05, 0.1) is 14.2 Å². The van der Waals surface area contributed by atoms with Crippen LogP contribution in [-0.4, -0.2) is 22.6 Å². The number of ether oxygens (including phenoxy) is 2. The van der Waals surface area contributed by atoms with Crippen molar-refractivity contribution in [2.45, 2.75) is 36.2 Å². The molecule has 0 aromatic heterocycles. The molecule has 1 heterocycles. The first-order valence-corrected chi connectivity index (χ1v) is 9.96. The van der Waals surface area contributed by atoms with Crippen molar-refractivity contribution >= 4 is 9.84 Å². The van der Waals surface area contributed by atoms with Gasteiger partial charge in [-0.15, -0.1) is 0 Å². The quantitative estimate of drug-likeness (QED) is 0.730. The van der Waals surface area contributed by atoms with E-state index in [0.717, 1.165) is 22.6 Å². The molecule has 25 heavy (non-hydrogen) atoms. The van der Waals surface area contributed by atoms with E-state index in [2.05, 4.69) is 0 Å². The molecule has 1 saturated heterocycles. The van der Waals surface area contributed by atoms with Gasteiger partial charge in [-0.25, -0.2) is 8.42 Å². The molecule has 1 aliphatic heterocycles. The summed E-state index contributed by atoms with van der Waals surface area (Å²) in [6.07, 6.45) is 1.06. The van der Waals surface area contributed by atoms with Gasteiger partial charge in [-0.1, -0.05) is 38.1 Å². The summed E-state index contributed by atoms with van der Waals surface area (Å²) in [4.78, 5) is 0. The fourth-order valence-electron chi connectivity index (χ4n) is 4.36. The van der Waals surface area contributed by atoms with E-state index in [1.165, 1.54) is 0 Å². The number of hydrogen-bond acceptors (Lipinski definition) is 4. The number of rotatable bonds is 6. The third kappa shape index (κ3) is 2.08. The Kier molecular flexibility index (Phi) is 4.31. The van der Waals surface area contributed by atoms with Gasteiger partial charge in [0, 0.05) is 0 Å². The predicted molar refractivity (Wildman–Crippen MR) is 98.8 cm³/mol. The van der Waals surface area contributed by atoms with Gasteiger partial charge in [0.1, 0.15) is 21.0 Å². The minimum atomic E-state index is -3.35. The zero-order chi connectivity index (χ0) is 18.3. The van der Waals surface area contributed by atoms with Gasteiger partial charge in [0.15, 0.2) is 9.84 Å². The van der Waals surface area contributed by atoms with Crippen LogP contribution in [0, 0.1) is 0 Å². The van der Waals surface area contributed by atoms with Gasteiger partial charge in [-0.3, -0.25) is 0 Å². The number of benzene rings is 2. The summed E-state index contributed by atoms with van der Waals surface area (Å²) in [6, 6.07) is 14.8. The van der Waals surface area contributed by atoms with E-state index in [4.69, 9.17) is 9.47 Å². The number of methoxy groups -OCH3 is 2. The summed E-state index contributed by atoms with van der Waals surface area (Å²) >= 11 is 0. The highest BCUT2D eigenvalue weighted by Crippen LogP contribution is 2.72. The Morgan fingerprint density at radius 1 is 0.720 bits per heavy atom. The van der Waals surface area contributed by atoms with Crippen molar-refractivity contribution < 1.29 is 17.9 Å². The molecule has 0 amide bonds. The van der Waals surface area contributed by atoms with Crippen LogP contribution >= 0.6 is 0 Å². The van der Waals surface area contributed by atoms with Gasteiger partial charge < -0.3 is 9.47 Å². The Morgan fingerprint density at radius 2 is 1.04 bits per heavy atom. The first-order valence-electron chi connectivity index (χ1n) is 8.48. The molecule has 1 fully saturated rings. The van der Waals surface area contributed by atoms with E-state index >= 15 is 0 Å². The third-order valence-corrected chi connectivity index (χ3v) is 9.01. The van der Waals surface area contributed by atoms with Crippen molar-refractivity contribution in [1.29, 1.82) is 0 Å². The van der Waals surface area contributed by atoms with Crippen LogP contribution in [0.1, 0.15) is 37.8 Å². The number of hydrogen-bond donors (Lipinski definition) is 0. The van der Waals surface area contributed by atoms with Gasteiger partial charge in [-0.05, 0) is 48.2 Å². The summed E-state index contributed by atoms with van der Waals surface area (Å²) in [5.74, 6) is 1.44. The standard InChI is InChI=1S/C20H24O4S/c1-5-19(15-7-11-17(23-3)12-8-15)20(6-2,25(19,21)22)16-9-13-18(24-4)14-10-16/h7-14H,5-6H2,1-4H3. The molecule has 2 atom stereocenters.